The Morgan fingerprint density at radius 3 is 2.55 bits per heavy atom. The van der Waals surface area contributed by atoms with E-state index in [1.807, 2.05) is 29.2 Å². The fourth-order valence-corrected chi connectivity index (χ4v) is 2.20. The van der Waals surface area contributed by atoms with Gasteiger partial charge < -0.3 is 16.0 Å². The fourth-order valence-electron chi connectivity index (χ4n) is 2.20. The van der Waals surface area contributed by atoms with Crippen molar-refractivity contribution in [1.29, 1.82) is 0 Å². The number of rotatable bonds is 5. The highest BCUT2D eigenvalue weighted by atomic mass is 16.2. The van der Waals surface area contributed by atoms with E-state index in [0.29, 0.717) is 19.5 Å². The van der Waals surface area contributed by atoms with E-state index in [9.17, 15) is 9.59 Å². The predicted octanol–water partition coefficient (Wildman–Crippen LogP) is 0.772. The molecule has 0 bridgehead atoms. The molecular formula is C15H21N3O2. The Kier molecular flexibility index (Phi) is 4.74. The van der Waals surface area contributed by atoms with Gasteiger partial charge in [-0.1, -0.05) is 24.3 Å². The van der Waals surface area contributed by atoms with Crippen LogP contribution in [0.4, 0.5) is 0 Å². The van der Waals surface area contributed by atoms with Crippen LogP contribution in [0.15, 0.2) is 24.3 Å². The fraction of sp³-hybridized carbons (Fsp3) is 0.467. The molecule has 3 N–H and O–H groups in total. The molecule has 2 amide bonds. The second kappa shape index (κ2) is 6.52. The Labute approximate surface area is 119 Å². The smallest absolute Gasteiger partial charge is 0.236 e. The van der Waals surface area contributed by atoms with Crippen LogP contribution < -0.4 is 11.1 Å². The molecule has 20 heavy (non-hydrogen) atoms. The van der Waals surface area contributed by atoms with Crippen molar-refractivity contribution in [3.63, 3.8) is 0 Å². The van der Waals surface area contributed by atoms with E-state index < -0.39 is 6.04 Å². The van der Waals surface area contributed by atoms with Gasteiger partial charge in [-0.2, -0.15) is 0 Å². The van der Waals surface area contributed by atoms with Crippen molar-refractivity contribution in [2.75, 3.05) is 6.54 Å². The van der Waals surface area contributed by atoms with Crippen LogP contribution in [0.1, 0.15) is 30.9 Å². The molecule has 0 aromatic heterocycles. The van der Waals surface area contributed by atoms with Gasteiger partial charge in [-0.3, -0.25) is 9.59 Å². The maximum absolute atomic E-state index is 11.6. The Morgan fingerprint density at radius 2 is 2.00 bits per heavy atom. The summed E-state index contributed by atoms with van der Waals surface area (Å²) < 4.78 is 0. The Bertz CT molecular complexity index is 482. The number of carbonyl (C=O) groups is 2. The van der Waals surface area contributed by atoms with Crippen LogP contribution in [0, 0.1) is 0 Å². The summed E-state index contributed by atoms with van der Waals surface area (Å²) in [5.74, 6) is 0.0787. The van der Waals surface area contributed by atoms with E-state index in [1.165, 1.54) is 0 Å². The molecule has 1 aliphatic rings. The number of likely N-dealkylation sites (tertiary alicyclic amines) is 1. The van der Waals surface area contributed by atoms with Gasteiger partial charge in [-0.25, -0.2) is 0 Å². The summed E-state index contributed by atoms with van der Waals surface area (Å²) >= 11 is 0. The van der Waals surface area contributed by atoms with Crippen LogP contribution in [0.5, 0.6) is 0 Å². The molecule has 0 spiro atoms. The van der Waals surface area contributed by atoms with E-state index in [2.05, 4.69) is 5.32 Å². The molecule has 5 nitrogen and oxygen atoms in total. The zero-order valence-corrected chi connectivity index (χ0v) is 11.8. The third-order valence-corrected chi connectivity index (χ3v) is 3.45. The van der Waals surface area contributed by atoms with E-state index in [0.717, 1.165) is 24.1 Å². The molecule has 0 aliphatic carbocycles. The van der Waals surface area contributed by atoms with Crippen LogP contribution >= 0.6 is 0 Å². The lowest BCUT2D eigenvalue weighted by Crippen LogP contribution is -2.37. The first-order valence-electron chi connectivity index (χ1n) is 6.95. The number of hydrogen-bond donors (Lipinski definition) is 2. The van der Waals surface area contributed by atoms with Crippen molar-refractivity contribution in [2.45, 2.75) is 38.9 Å². The molecular weight excluding hydrogens is 254 g/mol. The van der Waals surface area contributed by atoms with Crippen molar-refractivity contribution in [1.82, 2.24) is 10.2 Å². The molecule has 1 saturated heterocycles. The highest BCUT2D eigenvalue weighted by molar-refractivity contribution is 5.80. The number of nitrogens with two attached hydrogens (primary N) is 1. The quantitative estimate of drug-likeness (QED) is 0.833. The molecule has 2 rings (SSSR count). The molecule has 1 heterocycles. The van der Waals surface area contributed by atoms with Gasteiger partial charge >= 0.3 is 0 Å². The molecule has 0 saturated carbocycles. The van der Waals surface area contributed by atoms with Crippen LogP contribution in [0.25, 0.3) is 0 Å². The van der Waals surface area contributed by atoms with E-state index in [-0.39, 0.29) is 11.8 Å². The van der Waals surface area contributed by atoms with Crippen molar-refractivity contribution in [3.8, 4) is 0 Å². The van der Waals surface area contributed by atoms with Crippen LogP contribution in [0.3, 0.4) is 0 Å². The molecule has 1 aromatic rings. The van der Waals surface area contributed by atoms with Gasteiger partial charge in [0.25, 0.3) is 0 Å². The van der Waals surface area contributed by atoms with Gasteiger partial charge in [0.2, 0.25) is 11.8 Å². The highest BCUT2D eigenvalue weighted by Gasteiger charge is 2.19. The molecule has 1 aromatic carbocycles. The summed E-state index contributed by atoms with van der Waals surface area (Å²) in [5, 5.41) is 2.77. The molecule has 5 heteroatoms. The third kappa shape index (κ3) is 3.81. The van der Waals surface area contributed by atoms with Crippen molar-refractivity contribution in [3.05, 3.63) is 35.4 Å². The maximum atomic E-state index is 11.6. The van der Waals surface area contributed by atoms with Gasteiger partial charge in [0.15, 0.2) is 0 Å². The topological polar surface area (TPSA) is 75.4 Å². The Balaban J connectivity index is 1.86. The third-order valence-electron chi connectivity index (χ3n) is 3.45. The van der Waals surface area contributed by atoms with Crippen LogP contribution in [-0.2, 0) is 22.7 Å². The Morgan fingerprint density at radius 1 is 1.35 bits per heavy atom. The minimum atomic E-state index is -0.490. The number of hydrogen-bond acceptors (Lipinski definition) is 3. The predicted molar refractivity (Wildman–Crippen MR) is 76.6 cm³/mol. The molecule has 1 atom stereocenters. The second-order valence-corrected chi connectivity index (χ2v) is 5.24. The average Bonchev–Trinajstić information content (AvgIpc) is 2.83. The van der Waals surface area contributed by atoms with Gasteiger partial charge in [0.05, 0.1) is 6.04 Å². The van der Waals surface area contributed by atoms with Crippen LogP contribution in [0.2, 0.25) is 0 Å². The van der Waals surface area contributed by atoms with E-state index in [4.69, 9.17) is 5.73 Å². The lowest BCUT2D eigenvalue weighted by Gasteiger charge is -2.15. The molecule has 0 radical (unpaired) electrons. The summed E-state index contributed by atoms with van der Waals surface area (Å²) in [6, 6.07) is 7.45. The molecule has 0 unspecified atom stereocenters. The average molecular weight is 275 g/mol. The van der Waals surface area contributed by atoms with Gasteiger partial charge in [-0.15, -0.1) is 0 Å². The summed E-state index contributed by atoms with van der Waals surface area (Å²) in [6.45, 7) is 3.66. The first kappa shape index (κ1) is 14.5. The monoisotopic (exact) mass is 275 g/mol. The number of carbonyl (C=O) groups excluding carboxylic acids is 2. The first-order valence-corrected chi connectivity index (χ1v) is 6.95. The minimum absolute atomic E-state index is 0.156. The molecule has 1 fully saturated rings. The van der Waals surface area contributed by atoms with E-state index >= 15 is 0 Å². The summed E-state index contributed by atoms with van der Waals surface area (Å²) in [6.07, 6.45) is 1.63. The van der Waals surface area contributed by atoms with Gasteiger partial charge in [-0.05, 0) is 24.5 Å². The van der Waals surface area contributed by atoms with Gasteiger partial charge in [0, 0.05) is 26.1 Å². The van der Waals surface area contributed by atoms with Crippen molar-refractivity contribution < 1.29 is 9.59 Å². The number of nitrogens with zero attached hydrogens (tertiary/aromatic N) is 1. The first-order chi connectivity index (χ1) is 9.56. The Hall–Kier alpha value is -1.88. The number of nitrogens with one attached hydrogen (secondary N) is 1. The summed E-state index contributed by atoms with van der Waals surface area (Å²) in [4.78, 5) is 24.8. The summed E-state index contributed by atoms with van der Waals surface area (Å²) in [5.41, 5.74) is 7.62. The van der Waals surface area contributed by atoms with Crippen molar-refractivity contribution in [2.24, 2.45) is 5.73 Å². The summed E-state index contributed by atoms with van der Waals surface area (Å²) in [7, 11) is 0. The van der Waals surface area contributed by atoms with Gasteiger partial charge in [0.1, 0.15) is 0 Å². The van der Waals surface area contributed by atoms with Crippen molar-refractivity contribution >= 4 is 11.8 Å². The largest absolute Gasteiger partial charge is 0.351 e. The molecule has 1 aliphatic heterocycles. The lowest BCUT2D eigenvalue weighted by molar-refractivity contribution is -0.128. The minimum Gasteiger partial charge on any atom is -0.351 e. The normalized spacial score (nSPS) is 16.3. The number of benzene rings is 1. The zero-order valence-electron chi connectivity index (χ0n) is 11.8. The zero-order chi connectivity index (χ0) is 14.5. The number of amides is 2. The maximum Gasteiger partial charge on any atom is 0.236 e. The highest BCUT2D eigenvalue weighted by Crippen LogP contribution is 2.14. The SMILES string of the molecule is C[C@@H](N)C(=O)NCc1ccc(CN2CCCC2=O)cc1. The second-order valence-electron chi connectivity index (χ2n) is 5.24. The van der Waals surface area contributed by atoms with E-state index in [1.54, 1.807) is 6.92 Å². The molecule has 108 valence electrons. The standard InChI is InChI=1S/C15H21N3O2/c1-11(16)15(20)17-9-12-4-6-13(7-5-12)10-18-8-2-3-14(18)19/h4-7,11H,2-3,8-10,16H2,1H3,(H,17,20)/t11-/m1/s1. The lowest BCUT2D eigenvalue weighted by atomic mass is 10.1. The van der Waals surface area contributed by atoms with Crippen LogP contribution in [-0.4, -0.2) is 29.3 Å².